The molecule has 0 saturated carbocycles. The number of hydrogen-bond donors (Lipinski definition) is 0. The third-order valence-electron chi connectivity index (χ3n) is 8.96. The highest BCUT2D eigenvalue weighted by Gasteiger charge is 2.10. The number of esters is 2. The van der Waals surface area contributed by atoms with E-state index in [1.165, 1.54) is 83.5 Å². The van der Waals surface area contributed by atoms with E-state index in [0.29, 0.717) is 41.5 Å². The number of carbonyl (C=O) groups is 2. The molecule has 0 aliphatic rings. The molecule has 0 radical (unpaired) electrons. The van der Waals surface area contributed by atoms with E-state index in [4.69, 9.17) is 18.9 Å². The zero-order chi connectivity index (χ0) is 37.4. The lowest BCUT2D eigenvalue weighted by molar-refractivity contribution is 0.0725. The summed E-state index contributed by atoms with van der Waals surface area (Å²) in [6, 6.07) is 28.2. The van der Waals surface area contributed by atoms with Crippen LogP contribution in [0.4, 0.5) is 5.69 Å². The molecule has 0 spiro atoms. The third-order valence-corrected chi connectivity index (χ3v) is 8.96. The van der Waals surface area contributed by atoms with Gasteiger partial charge >= 0.3 is 11.9 Å². The number of aliphatic imine (C=N–C) groups is 1. The first-order chi connectivity index (χ1) is 26.0. The summed E-state index contributed by atoms with van der Waals surface area (Å²) < 4.78 is 22.8. The van der Waals surface area contributed by atoms with Crippen LogP contribution in [-0.2, 0) is 0 Å². The molecule has 0 saturated heterocycles. The Morgan fingerprint density at radius 1 is 0.453 bits per heavy atom. The lowest BCUT2D eigenvalue weighted by Gasteiger charge is -2.08. The zero-order valence-electron chi connectivity index (χ0n) is 31.7. The van der Waals surface area contributed by atoms with E-state index in [1.807, 2.05) is 24.3 Å². The van der Waals surface area contributed by atoms with Gasteiger partial charge in [-0.3, -0.25) is 4.99 Å². The number of ether oxygens (including phenoxy) is 4. The van der Waals surface area contributed by atoms with Crippen molar-refractivity contribution in [2.75, 3.05) is 13.2 Å². The minimum Gasteiger partial charge on any atom is -0.494 e. The third kappa shape index (κ3) is 16.1. The fraction of sp³-hybridized carbons (Fsp3) is 0.413. The number of benzene rings is 4. The SMILES string of the molecule is CCCCCCCCCCCCOc1ccc(C(=O)Oc2ccc(N=Cc3ccc(OC(=O)c4ccc(OCCCCCCC)cc4)cc3)cc2)cc1. The Labute approximate surface area is 316 Å². The normalized spacial score (nSPS) is 11.1. The van der Waals surface area contributed by atoms with E-state index in [-0.39, 0.29) is 0 Å². The Morgan fingerprint density at radius 3 is 1.23 bits per heavy atom. The van der Waals surface area contributed by atoms with Crippen molar-refractivity contribution < 1.29 is 28.5 Å². The highest BCUT2D eigenvalue weighted by Crippen LogP contribution is 2.22. The number of carbonyl (C=O) groups excluding carboxylic acids is 2. The monoisotopic (exact) mass is 719 g/mol. The van der Waals surface area contributed by atoms with Crippen LogP contribution in [-0.4, -0.2) is 31.4 Å². The van der Waals surface area contributed by atoms with Crippen molar-refractivity contribution in [1.82, 2.24) is 0 Å². The van der Waals surface area contributed by atoms with Crippen molar-refractivity contribution in [2.24, 2.45) is 4.99 Å². The van der Waals surface area contributed by atoms with Gasteiger partial charge in [-0.05, 0) is 115 Å². The lowest BCUT2D eigenvalue weighted by atomic mass is 10.1. The number of hydrogen-bond acceptors (Lipinski definition) is 7. The molecule has 4 aromatic rings. The quantitative estimate of drug-likeness (QED) is 0.0293. The fourth-order valence-corrected chi connectivity index (χ4v) is 5.75. The summed E-state index contributed by atoms with van der Waals surface area (Å²) in [5.74, 6) is 1.51. The highest BCUT2D eigenvalue weighted by atomic mass is 16.5. The lowest BCUT2D eigenvalue weighted by Crippen LogP contribution is -2.08. The molecule has 4 rings (SSSR count). The summed E-state index contributed by atoms with van der Waals surface area (Å²) in [6.07, 6.45) is 20.5. The predicted octanol–water partition coefficient (Wildman–Crippen LogP) is 12.5. The molecule has 7 heteroatoms. The molecule has 0 unspecified atom stereocenters. The van der Waals surface area contributed by atoms with E-state index >= 15 is 0 Å². The molecule has 0 aromatic heterocycles. The summed E-state index contributed by atoms with van der Waals surface area (Å²) in [6.45, 7) is 5.82. The van der Waals surface area contributed by atoms with Gasteiger partial charge in [0.1, 0.15) is 23.0 Å². The molecule has 53 heavy (non-hydrogen) atoms. The van der Waals surface area contributed by atoms with Gasteiger partial charge < -0.3 is 18.9 Å². The first kappa shape index (κ1) is 40.9. The maximum Gasteiger partial charge on any atom is 0.343 e. The number of nitrogens with zero attached hydrogens (tertiary/aromatic N) is 1. The Kier molecular flexibility index (Phi) is 18.8. The molecule has 0 amide bonds. The topological polar surface area (TPSA) is 83.4 Å². The molecule has 0 atom stereocenters. The average Bonchev–Trinajstić information content (AvgIpc) is 3.19. The van der Waals surface area contributed by atoms with Gasteiger partial charge in [-0.15, -0.1) is 0 Å². The standard InChI is InChI=1S/C46H57NO6/c1-3-5-7-9-10-11-12-13-15-17-35-51-42-30-22-39(23-31-42)46(49)53-44-32-24-40(25-33-44)47-36-37-18-26-43(27-19-37)52-45(48)38-20-28-41(29-21-38)50-34-16-14-8-6-4-2/h18-33,36H,3-17,34-35H2,1-2H3. The Balaban J connectivity index is 1.12. The first-order valence-corrected chi connectivity index (χ1v) is 19.7. The van der Waals surface area contributed by atoms with E-state index in [9.17, 15) is 9.59 Å². The van der Waals surface area contributed by atoms with Gasteiger partial charge in [-0.2, -0.15) is 0 Å². The molecule has 282 valence electrons. The van der Waals surface area contributed by atoms with Gasteiger partial charge in [-0.1, -0.05) is 97.3 Å². The Hall–Kier alpha value is -4.91. The summed E-state index contributed by atoms with van der Waals surface area (Å²) >= 11 is 0. The van der Waals surface area contributed by atoms with Crippen LogP contribution < -0.4 is 18.9 Å². The van der Waals surface area contributed by atoms with Crippen molar-refractivity contribution in [2.45, 2.75) is 110 Å². The summed E-state index contributed by atoms with van der Waals surface area (Å²) in [7, 11) is 0. The van der Waals surface area contributed by atoms with Crippen molar-refractivity contribution >= 4 is 23.8 Å². The highest BCUT2D eigenvalue weighted by molar-refractivity contribution is 5.92. The molecule has 0 N–H and O–H groups in total. The summed E-state index contributed by atoms with van der Waals surface area (Å²) in [5, 5.41) is 0. The van der Waals surface area contributed by atoms with Crippen LogP contribution in [0.5, 0.6) is 23.0 Å². The summed E-state index contributed by atoms with van der Waals surface area (Å²) in [4.78, 5) is 29.9. The van der Waals surface area contributed by atoms with Crippen LogP contribution in [0.1, 0.15) is 136 Å². The molecular formula is C46H57NO6. The minimum atomic E-state index is -0.433. The molecule has 0 aliphatic carbocycles. The fourth-order valence-electron chi connectivity index (χ4n) is 5.75. The van der Waals surface area contributed by atoms with Gasteiger partial charge in [0.25, 0.3) is 0 Å². The van der Waals surface area contributed by atoms with Crippen LogP contribution in [0.15, 0.2) is 102 Å². The van der Waals surface area contributed by atoms with Gasteiger partial charge in [-0.25, -0.2) is 9.59 Å². The molecule has 0 heterocycles. The van der Waals surface area contributed by atoms with Crippen LogP contribution in [0.3, 0.4) is 0 Å². The van der Waals surface area contributed by atoms with Crippen LogP contribution in [0, 0.1) is 0 Å². The molecule has 0 bridgehead atoms. The van der Waals surface area contributed by atoms with Crippen LogP contribution in [0.2, 0.25) is 0 Å². The van der Waals surface area contributed by atoms with Gasteiger partial charge in [0.2, 0.25) is 0 Å². The number of unbranched alkanes of at least 4 members (excludes halogenated alkanes) is 13. The summed E-state index contributed by atoms with van der Waals surface area (Å²) in [5.41, 5.74) is 2.46. The van der Waals surface area contributed by atoms with Crippen LogP contribution >= 0.6 is 0 Å². The van der Waals surface area contributed by atoms with Crippen molar-refractivity contribution in [3.8, 4) is 23.0 Å². The largest absolute Gasteiger partial charge is 0.494 e. The smallest absolute Gasteiger partial charge is 0.343 e. The molecule has 0 aliphatic heterocycles. The van der Waals surface area contributed by atoms with Crippen molar-refractivity contribution in [3.63, 3.8) is 0 Å². The van der Waals surface area contributed by atoms with Gasteiger partial charge in [0.05, 0.1) is 30.0 Å². The van der Waals surface area contributed by atoms with Crippen molar-refractivity contribution in [1.29, 1.82) is 0 Å². The van der Waals surface area contributed by atoms with E-state index < -0.39 is 11.9 Å². The maximum absolute atomic E-state index is 12.7. The predicted molar refractivity (Wildman–Crippen MR) is 215 cm³/mol. The molecule has 0 fully saturated rings. The second kappa shape index (κ2) is 24.4. The maximum atomic E-state index is 12.7. The number of rotatable bonds is 25. The van der Waals surface area contributed by atoms with Gasteiger partial charge in [0, 0.05) is 6.21 Å². The molecule has 4 aromatic carbocycles. The molecule has 7 nitrogen and oxygen atoms in total. The Bertz CT molecular complexity index is 1630. The first-order valence-electron chi connectivity index (χ1n) is 19.7. The van der Waals surface area contributed by atoms with Crippen molar-refractivity contribution in [3.05, 3.63) is 114 Å². The van der Waals surface area contributed by atoms with Gasteiger partial charge in [0.15, 0.2) is 0 Å². The van der Waals surface area contributed by atoms with E-state index in [1.54, 1.807) is 79.0 Å². The molecular weight excluding hydrogens is 663 g/mol. The second-order valence-corrected chi connectivity index (χ2v) is 13.4. The van der Waals surface area contributed by atoms with E-state index in [2.05, 4.69) is 18.8 Å². The van der Waals surface area contributed by atoms with Crippen LogP contribution in [0.25, 0.3) is 0 Å². The second-order valence-electron chi connectivity index (χ2n) is 13.4. The Morgan fingerprint density at radius 2 is 0.811 bits per heavy atom. The van der Waals surface area contributed by atoms with E-state index in [0.717, 1.165) is 29.9 Å². The zero-order valence-corrected chi connectivity index (χ0v) is 31.7. The average molecular weight is 720 g/mol. The minimum absolute atomic E-state index is 0.431.